The number of rotatable bonds is 5. The third kappa shape index (κ3) is 3.85. The molecule has 0 unspecified atom stereocenters. The Balaban J connectivity index is 2.82. The average Bonchev–Trinajstić information content (AvgIpc) is 2.21. The van der Waals surface area contributed by atoms with E-state index in [2.05, 4.69) is 0 Å². The van der Waals surface area contributed by atoms with Crippen molar-refractivity contribution in [3.05, 3.63) is 29.3 Å². The highest BCUT2D eigenvalue weighted by molar-refractivity contribution is 7.91. The fraction of sp³-hybridized carbons (Fsp3) is 0.417. The molecule has 0 saturated heterocycles. The van der Waals surface area contributed by atoms with Crippen LogP contribution in [0.2, 0.25) is 0 Å². The molecule has 0 aliphatic heterocycles. The Morgan fingerprint density at radius 3 is 2.41 bits per heavy atom. The second-order valence-corrected chi connectivity index (χ2v) is 6.17. The van der Waals surface area contributed by atoms with E-state index < -0.39 is 15.8 Å². The number of sulfone groups is 1. The molecule has 1 aromatic rings. The standard InChI is InChI=1S/C12H16O4S/c1-9-5-6-11(8-10(9)2)17(15,16)7-3-4-12(13)14/h5-6,8H,3-4,7H2,1-2H3,(H,13,14). The third-order valence-electron chi connectivity index (χ3n) is 2.64. The lowest BCUT2D eigenvalue weighted by Gasteiger charge is -2.06. The summed E-state index contributed by atoms with van der Waals surface area (Å²) in [5.74, 6) is -1.10. The number of carboxylic acids is 1. The second kappa shape index (κ2) is 5.31. The summed E-state index contributed by atoms with van der Waals surface area (Å²) >= 11 is 0. The van der Waals surface area contributed by atoms with Crippen LogP contribution < -0.4 is 0 Å². The maximum absolute atomic E-state index is 11.9. The van der Waals surface area contributed by atoms with E-state index in [0.29, 0.717) is 0 Å². The number of carbonyl (C=O) groups is 1. The first-order valence-corrected chi connectivity index (χ1v) is 7.00. The van der Waals surface area contributed by atoms with Crippen LogP contribution in [0, 0.1) is 13.8 Å². The van der Waals surface area contributed by atoms with Gasteiger partial charge in [-0.15, -0.1) is 0 Å². The predicted octanol–water partition coefficient (Wildman–Crippen LogP) is 1.94. The van der Waals surface area contributed by atoms with E-state index in [1.165, 1.54) is 0 Å². The van der Waals surface area contributed by atoms with Crippen molar-refractivity contribution in [1.82, 2.24) is 0 Å². The van der Waals surface area contributed by atoms with Gasteiger partial charge in [-0.2, -0.15) is 0 Å². The summed E-state index contributed by atoms with van der Waals surface area (Å²) in [5, 5.41) is 8.47. The summed E-state index contributed by atoms with van der Waals surface area (Å²) in [6.45, 7) is 3.77. The van der Waals surface area contributed by atoms with Crippen LogP contribution in [-0.4, -0.2) is 25.2 Å². The first kappa shape index (κ1) is 13.7. The van der Waals surface area contributed by atoms with Gasteiger partial charge in [0, 0.05) is 6.42 Å². The summed E-state index contributed by atoms with van der Waals surface area (Å²) in [4.78, 5) is 10.6. The molecule has 0 aliphatic rings. The predicted molar refractivity (Wildman–Crippen MR) is 64.8 cm³/mol. The fourth-order valence-corrected chi connectivity index (χ4v) is 2.83. The smallest absolute Gasteiger partial charge is 0.303 e. The van der Waals surface area contributed by atoms with Crippen molar-refractivity contribution in [2.75, 3.05) is 5.75 Å². The molecule has 0 spiro atoms. The van der Waals surface area contributed by atoms with E-state index in [1.54, 1.807) is 18.2 Å². The zero-order chi connectivity index (χ0) is 13.1. The molecule has 0 amide bonds. The molecule has 0 radical (unpaired) electrons. The maximum Gasteiger partial charge on any atom is 0.303 e. The minimum Gasteiger partial charge on any atom is -0.481 e. The number of aliphatic carboxylic acids is 1. The summed E-state index contributed by atoms with van der Waals surface area (Å²) in [7, 11) is -3.36. The van der Waals surface area contributed by atoms with Gasteiger partial charge in [0.2, 0.25) is 0 Å². The van der Waals surface area contributed by atoms with Gasteiger partial charge >= 0.3 is 5.97 Å². The number of hydrogen-bond acceptors (Lipinski definition) is 3. The molecule has 0 heterocycles. The van der Waals surface area contributed by atoms with Gasteiger partial charge in [0.05, 0.1) is 10.6 Å². The first-order chi connectivity index (χ1) is 7.83. The highest BCUT2D eigenvalue weighted by atomic mass is 32.2. The topological polar surface area (TPSA) is 71.4 Å². The zero-order valence-electron chi connectivity index (χ0n) is 9.93. The molecule has 0 aliphatic carbocycles. The van der Waals surface area contributed by atoms with E-state index in [9.17, 15) is 13.2 Å². The largest absolute Gasteiger partial charge is 0.481 e. The van der Waals surface area contributed by atoms with Crippen LogP contribution >= 0.6 is 0 Å². The highest BCUT2D eigenvalue weighted by Crippen LogP contribution is 2.17. The molecule has 17 heavy (non-hydrogen) atoms. The molecule has 0 fully saturated rings. The van der Waals surface area contributed by atoms with E-state index in [1.807, 2.05) is 13.8 Å². The van der Waals surface area contributed by atoms with Crippen molar-refractivity contribution in [1.29, 1.82) is 0 Å². The van der Waals surface area contributed by atoms with E-state index in [4.69, 9.17) is 5.11 Å². The van der Waals surface area contributed by atoms with Crippen LogP contribution in [0.3, 0.4) is 0 Å². The normalized spacial score (nSPS) is 11.4. The first-order valence-electron chi connectivity index (χ1n) is 5.35. The Morgan fingerprint density at radius 1 is 1.24 bits per heavy atom. The van der Waals surface area contributed by atoms with Crippen LogP contribution in [0.25, 0.3) is 0 Å². The molecule has 0 bridgehead atoms. The van der Waals surface area contributed by atoms with Crippen LogP contribution in [0.5, 0.6) is 0 Å². The molecular formula is C12H16O4S. The van der Waals surface area contributed by atoms with Crippen molar-refractivity contribution in [3.63, 3.8) is 0 Å². The van der Waals surface area contributed by atoms with Crippen LogP contribution in [0.1, 0.15) is 24.0 Å². The molecule has 1 aromatic carbocycles. The number of hydrogen-bond donors (Lipinski definition) is 1. The molecule has 0 saturated carbocycles. The van der Waals surface area contributed by atoms with Crippen molar-refractivity contribution >= 4 is 15.8 Å². The second-order valence-electron chi connectivity index (χ2n) is 4.06. The Kier molecular flexibility index (Phi) is 4.28. The van der Waals surface area contributed by atoms with Crippen molar-refractivity contribution in [2.24, 2.45) is 0 Å². The lowest BCUT2D eigenvalue weighted by molar-refractivity contribution is -0.137. The summed E-state index contributed by atoms with van der Waals surface area (Å²) < 4.78 is 23.8. The lowest BCUT2D eigenvalue weighted by Crippen LogP contribution is -2.09. The van der Waals surface area contributed by atoms with Crippen LogP contribution in [0.15, 0.2) is 23.1 Å². The van der Waals surface area contributed by atoms with Gasteiger partial charge in [0.15, 0.2) is 9.84 Å². The molecule has 0 atom stereocenters. The van der Waals surface area contributed by atoms with Crippen LogP contribution in [-0.2, 0) is 14.6 Å². The maximum atomic E-state index is 11.9. The number of benzene rings is 1. The van der Waals surface area contributed by atoms with Gasteiger partial charge in [-0.05, 0) is 43.5 Å². The molecule has 1 N–H and O–H groups in total. The van der Waals surface area contributed by atoms with Gasteiger partial charge < -0.3 is 5.11 Å². The average molecular weight is 256 g/mol. The quantitative estimate of drug-likeness (QED) is 0.874. The van der Waals surface area contributed by atoms with E-state index in [0.717, 1.165) is 11.1 Å². The van der Waals surface area contributed by atoms with Crippen molar-refractivity contribution < 1.29 is 18.3 Å². The Morgan fingerprint density at radius 2 is 1.88 bits per heavy atom. The number of carboxylic acid groups (broad SMARTS) is 1. The monoisotopic (exact) mass is 256 g/mol. The van der Waals surface area contributed by atoms with E-state index >= 15 is 0 Å². The van der Waals surface area contributed by atoms with Crippen LogP contribution in [0.4, 0.5) is 0 Å². The molecule has 1 rings (SSSR count). The Labute approximate surface area is 101 Å². The third-order valence-corrected chi connectivity index (χ3v) is 4.44. The summed E-state index contributed by atoms with van der Waals surface area (Å²) in [6, 6.07) is 4.96. The van der Waals surface area contributed by atoms with Gasteiger partial charge in [0.25, 0.3) is 0 Å². The van der Waals surface area contributed by atoms with Crippen molar-refractivity contribution in [2.45, 2.75) is 31.6 Å². The molecule has 5 heteroatoms. The van der Waals surface area contributed by atoms with Crippen molar-refractivity contribution in [3.8, 4) is 0 Å². The van der Waals surface area contributed by atoms with Gasteiger partial charge in [-0.1, -0.05) is 6.07 Å². The SMILES string of the molecule is Cc1ccc(S(=O)(=O)CCCC(=O)O)cc1C. The van der Waals surface area contributed by atoms with E-state index in [-0.39, 0.29) is 23.5 Å². The zero-order valence-corrected chi connectivity index (χ0v) is 10.8. The fourth-order valence-electron chi connectivity index (χ4n) is 1.44. The summed E-state index contributed by atoms with van der Waals surface area (Å²) in [6.07, 6.45) is 0.0225. The molecule has 4 nitrogen and oxygen atoms in total. The van der Waals surface area contributed by atoms with Gasteiger partial charge in [0.1, 0.15) is 0 Å². The molecule has 94 valence electrons. The molecular weight excluding hydrogens is 240 g/mol. The Hall–Kier alpha value is -1.36. The highest BCUT2D eigenvalue weighted by Gasteiger charge is 2.15. The lowest BCUT2D eigenvalue weighted by atomic mass is 10.1. The summed E-state index contributed by atoms with van der Waals surface area (Å²) in [5.41, 5.74) is 1.96. The van der Waals surface area contributed by atoms with Gasteiger partial charge in [-0.3, -0.25) is 4.79 Å². The minimum atomic E-state index is -3.36. The minimum absolute atomic E-state index is 0.121. The van der Waals surface area contributed by atoms with Gasteiger partial charge in [-0.25, -0.2) is 8.42 Å². The Bertz CT molecular complexity index is 517. The molecule has 0 aromatic heterocycles. The number of aryl methyl sites for hydroxylation is 2.